The fourth-order valence-corrected chi connectivity index (χ4v) is 3.08. The molecule has 1 fully saturated rings. The summed E-state index contributed by atoms with van der Waals surface area (Å²) in [7, 11) is 0. The molecule has 0 aliphatic carbocycles. The summed E-state index contributed by atoms with van der Waals surface area (Å²) in [5, 5.41) is 0. The Morgan fingerprint density at radius 1 is 1.25 bits per heavy atom. The van der Waals surface area contributed by atoms with Crippen LogP contribution in [0.4, 0.5) is 5.69 Å². The number of hydrogen-bond donors (Lipinski definition) is 1. The average Bonchev–Trinajstić information content (AvgIpc) is 2.70. The topological polar surface area (TPSA) is 83.7 Å². The highest BCUT2D eigenvalue weighted by Crippen LogP contribution is 2.20. The van der Waals surface area contributed by atoms with Crippen molar-refractivity contribution in [3.8, 4) is 0 Å². The SMILES string of the molecule is CC(C)N(C(=O)CN1CCCCC(C(N)=O)C1=O)c1ccccc1. The maximum absolute atomic E-state index is 12.8. The van der Waals surface area contributed by atoms with E-state index in [1.807, 2.05) is 44.2 Å². The van der Waals surface area contributed by atoms with Crippen molar-refractivity contribution in [1.29, 1.82) is 0 Å². The molecule has 0 radical (unpaired) electrons. The van der Waals surface area contributed by atoms with Gasteiger partial charge in [-0.3, -0.25) is 14.4 Å². The number of primary amides is 1. The monoisotopic (exact) mass is 331 g/mol. The second-order valence-electron chi connectivity index (χ2n) is 6.40. The second-order valence-corrected chi connectivity index (χ2v) is 6.40. The number of nitrogens with two attached hydrogens (primary N) is 1. The first-order valence-electron chi connectivity index (χ1n) is 8.37. The van der Waals surface area contributed by atoms with Crippen molar-refractivity contribution in [2.75, 3.05) is 18.0 Å². The first-order valence-corrected chi connectivity index (χ1v) is 8.37. The van der Waals surface area contributed by atoms with Gasteiger partial charge in [-0.1, -0.05) is 24.6 Å². The van der Waals surface area contributed by atoms with E-state index in [4.69, 9.17) is 5.73 Å². The number of benzene rings is 1. The molecule has 6 nitrogen and oxygen atoms in total. The number of para-hydroxylation sites is 1. The zero-order chi connectivity index (χ0) is 17.7. The van der Waals surface area contributed by atoms with Gasteiger partial charge in [0.2, 0.25) is 17.7 Å². The van der Waals surface area contributed by atoms with Crippen LogP contribution < -0.4 is 10.6 Å². The van der Waals surface area contributed by atoms with Crippen molar-refractivity contribution in [2.24, 2.45) is 11.7 Å². The molecule has 130 valence electrons. The van der Waals surface area contributed by atoms with Gasteiger partial charge in [-0.2, -0.15) is 0 Å². The van der Waals surface area contributed by atoms with Crippen LogP contribution in [-0.2, 0) is 14.4 Å². The van der Waals surface area contributed by atoms with E-state index in [0.717, 1.165) is 18.5 Å². The van der Waals surface area contributed by atoms with Crippen molar-refractivity contribution < 1.29 is 14.4 Å². The zero-order valence-corrected chi connectivity index (χ0v) is 14.3. The third-order valence-corrected chi connectivity index (χ3v) is 4.27. The van der Waals surface area contributed by atoms with Crippen molar-refractivity contribution in [3.05, 3.63) is 30.3 Å². The minimum Gasteiger partial charge on any atom is -0.369 e. The van der Waals surface area contributed by atoms with Gasteiger partial charge < -0.3 is 15.5 Å². The Balaban J connectivity index is 2.16. The molecule has 3 amide bonds. The van der Waals surface area contributed by atoms with Crippen LogP contribution in [0.15, 0.2) is 30.3 Å². The van der Waals surface area contributed by atoms with Gasteiger partial charge in [-0.05, 0) is 38.8 Å². The van der Waals surface area contributed by atoms with E-state index < -0.39 is 11.8 Å². The Bertz CT molecular complexity index is 601. The molecule has 1 aromatic carbocycles. The fourth-order valence-electron chi connectivity index (χ4n) is 3.08. The van der Waals surface area contributed by atoms with Crippen LogP contribution in [0.5, 0.6) is 0 Å². The molecule has 0 spiro atoms. The van der Waals surface area contributed by atoms with Crippen LogP contribution in [0.25, 0.3) is 0 Å². The summed E-state index contributed by atoms with van der Waals surface area (Å²) in [4.78, 5) is 40.0. The lowest BCUT2D eigenvalue weighted by molar-refractivity contribution is -0.142. The number of nitrogens with zero attached hydrogens (tertiary/aromatic N) is 2. The Hall–Kier alpha value is -2.37. The van der Waals surface area contributed by atoms with E-state index in [2.05, 4.69) is 0 Å². The predicted octanol–water partition coefficient (Wildman–Crippen LogP) is 1.54. The maximum Gasteiger partial charge on any atom is 0.246 e. The Kier molecular flexibility index (Phi) is 5.95. The normalized spacial score (nSPS) is 18.4. The molecule has 1 heterocycles. The molecule has 1 aliphatic heterocycles. The first kappa shape index (κ1) is 18.0. The molecule has 0 saturated carbocycles. The number of rotatable bonds is 5. The highest BCUT2D eigenvalue weighted by molar-refractivity contribution is 6.02. The highest BCUT2D eigenvalue weighted by atomic mass is 16.2. The molecule has 2 N–H and O–H groups in total. The molecule has 1 aromatic rings. The number of amides is 3. The van der Waals surface area contributed by atoms with E-state index in [1.165, 1.54) is 4.90 Å². The number of likely N-dealkylation sites (tertiary alicyclic amines) is 1. The van der Waals surface area contributed by atoms with Crippen molar-refractivity contribution >= 4 is 23.4 Å². The van der Waals surface area contributed by atoms with E-state index in [0.29, 0.717) is 13.0 Å². The van der Waals surface area contributed by atoms with Gasteiger partial charge in [-0.25, -0.2) is 0 Å². The number of carbonyl (C=O) groups is 3. The number of anilines is 1. The lowest BCUT2D eigenvalue weighted by atomic mass is 10.0. The average molecular weight is 331 g/mol. The first-order chi connectivity index (χ1) is 11.4. The summed E-state index contributed by atoms with van der Waals surface area (Å²) in [6.07, 6.45) is 2.00. The Morgan fingerprint density at radius 3 is 2.50 bits per heavy atom. The zero-order valence-electron chi connectivity index (χ0n) is 14.3. The largest absolute Gasteiger partial charge is 0.369 e. The maximum atomic E-state index is 12.8. The van der Waals surface area contributed by atoms with Crippen LogP contribution in [-0.4, -0.2) is 41.8 Å². The van der Waals surface area contributed by atoms with Crippen LogP contribution in [0.1, 0.15) is 33.1 Å². The third kappa shape index (κ3) is 4.13. The molecule has 0 aromatic heterocycles. The second kappa shape index (κ2) is 7.95. The molecular weight excluding hydrogens is 306 g/mol. The summed E-state index contributed by atoms with van der Waals surface area (Å²) in [6.45, 7) is 4.31. The molecule has 1 atom stereocenters. The van der Waals surface area contributed by atoms with E-state index >= 15 is 0 Å². The van der Waals surface area contributed by atoms with Crippen LogP contribution >= 0.6 is 0 Å². The summed E-state index contributed by atoms with van der Waals surface area (Å²) < 4.78 is 0. The van der Waals surface area contributed by atoms with Crippen LogP contribution in [0.3, 0.4) is 0 Å². The van der Waals surface area contributed by atoms with Gasteiger partial charge in [0, 0.05) is 18.3 Å². The Morgan fingerprint density at radius 2 is 1.92 bits per heavy atom. The smallest absolute Gasteiger partial charge is 0.246 e. The lowest BCUT2D eigenvalue weighted by Crippen LogP contribution is -2.48. The molecule has 1 unspecified atom stereocenters. The highest BCUT2D eigenvalue weighted by Gasteiger charge is 2.33. The van der Waals surface area contributed by atoms with Crippen molar-refractivity contribution in [3.63, 3.8) is 0 Å². The summed E-state index contributed by atoms with van der Waals surface area (Å²) >= 11 is 0. The molecule has 24 heavy (non-hydrogen) atoms. The summed E-state index contributed by atoms with van der Waals surface area (Å²) in [5.74, 6) is -1.91. The van der Waals surface area contributed by atoms with E-state index in [1.54, 1.807) is 4.90 Å². The van der Waals surface area contributed by atoms with Gasteiger partial charge in [0.05, 0.1) is 0 Å². The molecular formula is C18H25N3O3. The Labute approximate surface area is 142 Å². The van der Waals surface area contributed by atoms with Gasteiger partial charge in [0.15, 0.2) is 0 Å². The van der Waals surface area contributed by atoms with E-state index in [9.17, 15) is 14.4 Å². The van der Waals surface area contributed by atoms with Crippen molar-refractivity contribution in [1.82, 2.24) is 4.90 Å². The molecule has 1 saturated heterocycles. The summed E-state index contributed by atoms with van der Waals surface area (Å²) in [6, 6.07) is 9.34. The fraction of sp³-hybridized carbons (Fsp3) is 0.500. The molecule has 0 bridgehead atoms. The molecule has 2 rings (SSSR count). The van der Waals surface area contributed by atoms with E-state index in [-0.39, 0.29) is 24.4 Å². The third-order valence-electron chi connectivity index (χ3n) is 4.27. The quantitative estimate of drug-likeness (QED) is 0.831. The number of carbonyl (C=O) groups excluding carboxylic acids is 3. The lowest BCUT2D eigenvalue weighted by Gasteiger charge is -2.30. The number of hydrogen-bond acceptors (Lipinski definition) is 3. The van der Waals surface area contributed by atoms with Gasteiger partial charge in [0.25, 0.3) is 0 Å². The van der Waals surface area contributed by atoms with Gasteiger partial charge in [-0.15, -0.1) is 0 Å². The van der Waals surface area contributed by atoms with Gasteiger partial charge >= 0.3 is 0 Å². The van der Waals surface area contributed by atoms with Gasteiger partial charge in [0.1, 0.15) is 12.5 Å². The van der Waals surface area contributed by atoms with Crippen molar-refractivity contribution in [2.45, 2.75) is 39.2 Å². The minimum absolute atomic E-state index is 0.0321. The predicted molar refractivity (Wildman–Crippen MR) is 92.2 cm³/mol. The molecule has 6 heteroatoms. The minimum atomic E-state index is -0.815. The summed E-state index contributed by atoms with van der Waals surface area (Å²) in [5.41, 5.74) is 6.13. The van der Waals surface area contributed by atoms with Crippen LogP contribution in [0, 0.1) is 5.92 Å². The molecule has 1 aliphatic rings. The van der Waals surface area contributed by atoms with Crippen LogP contribution in [0.2, 0.25) is 0 Å². The standard InChI is InChI=1S/C18H25N3O3/c1-13(2)21(14-8-4-3-5-9-14)16(22)12-20-11-7-6-10-15(17(19)23)18(20)24/h3-5,8-9,13,15H,6-7,10-12H2,1-2H3,(H2,19,23).